The summed E-state index contributed by atoms with van der Waals surface area (Å²) in [5.41, 5.74) is 7.47. The number of unbranched alkanes of at least 4 members (excludes halogenated alkanes) is 1. The van der Waals surface area contributed by atoms with Gasteiger partial charge in [-0.05, 0) is 37.1 Å². The van der Waals surface area contributed by atoms with Crippen molar-refractivity contribution in [2.75, 3.05) is 24.6 Å². The van der Waals surface area contributed by atoms with Gasteiger partial charge in [0.25, 0.3) is 5.91 Å². The number of hydrogen-bond acceptors (Lipinski definition) is 4. The van der Waals surface area contributed by atoms with E-state index in [9.17, 15) is 4.79 Å². The van der Waals surface area contributed by atoms with Gasteiger partial charge in [0.05, 0.1) is 4.58 Å². The van der Waals surface area contributed by atoms with Gasteiger partial charge in [-0.2, -0.15) is 0 Å². The van der Waals surface area contributed by atoms with Gasteiger partial charge in [0.1, 0.15) is 0 Å². The van der Waals surface area contributed by atoms with Crippen molar-refractivity contribution in [3.63, 3.8) is 0 Å². The van der Waals surface area contributed by atoms with Crippen LogP contribution >= 0.6 is 35.9 Å². The average Bonchev–Trinajstić information content (AvgIpc) is 2.98. The van der Waals surface area contributed by atoms with Gasteiger partial charge in [0, 0.05) is 23.6 Å². The number of rotatable bonds is 6. The van der Waals surface area contributed by atoms with Crippen LogP contribution in [-0.2, 0) is 0 Å². The topological polar surface area (TPSA) is 55.1 Å². The van der Waals surface area contributed by atoms with Crippen molar-refractivity contribution in [1.29, 1.82) is 0 Å². The number of nitrogens with two attached hydrogens (primary N) is 1. The Bertz CT molecular complexity index is 408. The molecule has 1 amide bonds. The third-order valence-corrected chi connectivity index (χ3v) is 6.09. The van der Waals surface area contributed by atoms with E-state index in [4.69, 9.17) is 5.73 Å². The molecule has 20 heavy (non-hydrogen) atoms. The largest absolute Gasteiger partial charge is 0.352 e. The lowest BCUT2D eigenvalue weighted by atomic mass is 10.1. The summed E-state index contributed by atoms with van der Waals surface area (Å²) in [5, 5.41) is 2.92. The van der Waals surface area contributed by atoms with Gasteiger partial charge in [-0.15, -0.1) is 35.9 Å². The maximum atomic E-state index is 11.9. The van der Waals surface area contributed by atoms with E-state index in [1.165, 1.54) is 17.1 Å². The Morgan fingerprint density at radius 3 is 2.45 bits per heavy atom. The Morgan fingerprint density at radius 2 is 1.85 bits per heavy atom. The van der Waals surface area contributed by atoms with Crippen molar-refractivity contribution in [3.8, 4) is 0 Å². The van der Waals surface area contributed by atoms with Crippen LogP contribution in [-0.4, -0.2) is 30.5 Å². The minimum absolute atomic E-state index is 0. The number of benzene rings is 1. The zero-order chi connectivity index (χ0) is 13.5. The zero-order valence-electron chi connectivity index (χ0n) is 11.3. The number of amides is 1. The first-order valence-corrected chi connectivity index (χ1v) is 8.72. The maximum absolute atomic E-state index is 11.9. The van der Waals surface area contributed by atoms with Gasteiger partial charge < -0.3 is 11.1 Å². The van der Waals surface area contributed by atoms with Crippen molar-refractivity contribution < 1.29 is 4.79 Å². The van der Waals surface area contributed by atoms with E-state index in [0.717, 1.165) is 18.4 Å². The fourth-order valence-electron chi connectivity index (χ4n) is 1.92. The van der Waals surface area contributed by atoms with Crippen molar-refractivity contribution in [3.05, 3.63) is 35.4 Å². The average molecular weight is 333 g/mol. The van der Waals surface area contributed by atoms with Gasteiger partial charge in [-0.1, -0.05) is 12.1 Å². The first-order chi connectivity index (χ1) is 9.31. The smallest absolute Gasteiger partial charge is 0.251 e. The van der Waals surface area contributed by atoms with Crippen LogP contribution in [0.25, 0.3) is 0 Å². The summed E-state index contributed by atoms with van der Waals surface area (Å²) in [6.07, 6.45) is 1.89. The van der Waals surface area contributed by atoms with Crippen molar-refractivity contribution in [2.24, 2.45) is 5.73 Å². The molecule has 3 N–H and O–H groups in total. The van der Waals surface area contributed by atoms with Crippen molar-refractivity contribution in [1.82, 2.24) is 5.32 Å². The van der Waals surface area contributed by atoms with Gasteiger partial charge >= 0.3 is 0 Å². The second kappa shape index (κ2) is 9.55. The van der Waals surface area contributed by atoms with Crippen LogP contribution in [0.2, 0.25) is 0 Å². The molecule has 112 valence electrons. The van der Waals surface area contributed by atoms with Crippen LogP contribution < -0.4 is 11.1 Å². The summed E-state index contributed by atoms with van der Waals surface area (Å²) < 4.78 is 0.543. The fraction of sp³-hybridized carbons (Fsp3) is 0.500. The number of carbonyl (C=O) groups excluding carboxylic acids is 1. The summed E-state index contributed by atoms with van der Waals surface area (Å²) in [5.74, 6) is 2.45. The molecule has 1 aromatic carbocycles. The quantitative estimate of drug-likeness (QED) is 0.786. The molecule has 1 heterocycles. The van der Waals surface area contributed by atoms with Crippen LogP contribution in [0, 0.1) is 0 Å². The number of carbonyl (C=O) groups is 1. The zero-order valence-corrected chi connectivity index (χ0v) is 13.8. The molecule has 1 fully saturated rings. The summed E-state index contributed by atoms with van der Waals surface area (Å²) in [6.45, 7) is 1.38. The van der Waals surface area contributed by atoms with E-state index in [1.54, 1.807) is 0 Å². The molecule has 0 aliphatic carbocycles. The monoisotopic (exact) mass is 332 g/mol. The molecule has 2 rings (SSSR count). The van der Waals surface area contributed by atoms with Gasteiger partial charge in [-0.25, -0.2) is 0 Å². The predicted molar refractivity (Wildman–Crippen MR) is 92.0 cm³/mol. The minimum Gasteiger partial charge on any atom is -0.352 e. The highest BCUT2D eigenvalue weighted by Gasteiger charge is 2.18. The molecule has 0 unspecified atom stereocenters. The van der Waals surface area contributed by atoms with E-state index >= 15 is 0 Å². The summed E-state index contributed by atoms with van der Waals surface area (Å²) >= 11 is 3.96. The number of hydrogen-bond donors (Lipinski definition) is 2. The molecule has 0 spiro atoms. The highest BCUT2D eigenvalue weighted by atomic mass is 35.5. The second-order valence-corrected chi connectivity index (χ2v) is 7.17. The van der Waals surface area contributed by atoms with Crippen molar-refractivity contribution >= 4 is 41.8 Å². The summed E-state index contributed by atoms with van der Waals surface area (Å²) in [7, 11) is 0. The molecular formula is C14H21ClN2OS2. The highest BCUT2D eigenvalue weighted by Crippen LogP contribution is 2.45. The lowest BCUT2D eigenvalue weighted by Gasteiger charge is -2.09. The molecule has 1 saturated heterocycles. The lowest BCUT2D eigenvalue weighted by molar-refractivity contribution is 0.0953. The van der Waals surface area contributed by atoms with Crippen molar-refractivity contribution in [2.45, 2.75) is 17.4 Å². The molecule has 0 aromatic heterocycles. The van der Waals surface area contributed by atoms with Crippen LogP contribution in [0.1, 0.15) is 33.3 Å². The Kier molecular flexibility index (Phi) is 8.45. The molecule has 3 nitrogen and oxygen atoms in total. The Labute approximate surface area is 135 Å². The maximum Gasteiger partial charge on any atom is 0.251 e. The number of nitrogens with one attached hydrogen (secondary N) is 1. The molecular weight excluding hydrogens is 312 g/mol. The number of thioether (sulfide) groups is 2. The summed E-state index contributed by atoms with van der Waals surface area (Å²) in [6, 6.07) is 8.00. The van der Waals surface area contributed by atoms with Gasteiger partial charge in [-0.3, -0.25) is 4.79 Å². The molecule has 6 heteroatoms. The molecule has 0 bridgehead atoms. The van der Waals surface area contributed by atoms with E-state index in [0.29, 0.717) is 17.7 Å². The molecule has 0 radical (unpaired) electrons. The van der Waals surface area contributed by atoms with E-state index < -0.39 is 0 Å². The Morgan fingerprint density at radius 1 is 1.20 bits per heavy atom. The van der Waals surface area contributed by atoms with E-state index in [1.807, 2.05) is 35.7 Å². The lowest BCUT2D eigenvalue weighted by Crippen LogP contribution is -2.24. The molecule has 0 saturated carbocycles. The first kappa shape index (κ1) is 17.7. The van der Waals surface area contributed by atoms with E-state index in [-0.39, 0.29) is 18.3 Å². The molecule has 0 atom stereocenters. The summed E-state index contributed by atoms with van der Waals surface area (Å²) in [4.78, 5) is 11.9. The SMILES string of the molecule is Cl.NCCCCNC(=O)c1ccc(C2SCCS2)cc1. The van der Waals surface area contributed by atoms with Crippen LogP contribution in [0.15, 0.2) is 24.3 Å². The second-order valence-electron chi connectivity index (χ2n) is 4.45. The minimum atomic E-state index is 0. The Hall–Kier alpha value is -0.360. The molecule has 1 aliphatic rings. The molecule has 1 aliphatic heterocycles. The van der Waals surface area contributed by atoms with Gasteiger partial charge in [0.2, 0.25) is 0 Å². The van der Waals surface area contributed by atoms with Crippen LogP contribution in [0.4, 0.5) is 0 Å². The third-order valence-electron chi connectivity index (χ3n) is 2.98. The third kappa shape index (κ3) is 5.20. The van der Waals surface area contributed by atoms with Crippen LogP contribution in [0.5, 0.6) is 0 Å². The normalized spacial score (nSPS) is 14.8. The fourth-order valence-corrected chi connectivity index (χ4v) is 4.78. The Balaban J connectivity index is 0.00000200. The number of halogens is 1. The highest BCUT2D eigenvalue weighted by molar-refractivity contribution is 8.19. The predicted octanol–water partition coefficient (Wildman–Crippen LogP) is 3.06. The standard InChI is InChI=1S/C14H20N2OS2.ClH/c15-7-1-2-8-16-13(17)11-3-5-12(6-4-11)14-18-9-10-19-14;/h3-6,14H,1-2,7-10,15H2,(H,16,17);1H. The molecule has 1 aromatic rings. The first-order valence-electron chi connectivity index (χ1n) is 6.62. The van der Waals surface area contributed by atoms with Gasteiger partial charge in [0.15, 0.2) is 0 Å². The van der Waals surface area contributed by atoms with E-state index in [2.05, 4.69) is 17.4 Å². The van der Waals surface area contributed by atoms with Crippen LogP contribution in [0.3, 0.4) is 0 Å².